The maximum atomic E-state index is 11.5. The molecular weight excluding hydrogens is 276 g/mol. The summed E-state index contributed by atoms with van der Waals surface area (Å²) in [7, 11) is 1.77. The molecule has 3 nitrogen and oxygen atoms in total. The van der Waals surface area contributed by atoms with Crippen molar-refractivity contribution in [1.29, 1.82) is 0 Å². The van der Waals surface area contributed by atoms with Gasteiger partial charge in [0.2, 0.25) is 0 Å². The van der Waals surface area contributed by atoms with E-state index in [1.54, 1.807) is 13.2 Å². The summed E-state index contributed by atoms with van der Waals surface area (Å²) < 4.78 is 10.5. The Morgan fingerprint density at radius 3 is 2.41 bits per heavy atom. The Morgan fingerprint density at radius 2 is 1.86 bits per heavy atom. The molecule has 0 aromatic rings. The first kappa shape index (κ1) is 20.9. The SMILES string of the molecule is COC(C)(C)CCCC(C)C/C=C/C(C)=CC(=O)OC(C)C. The van der Waals surface area contributed by atoms with Crippen LogP contribution >= 0.6 is 0 Å². The van der Waals surface area contributed by atoms with Crippen LogP contribution in [0.3, 0.4) is 0 Å². The van der Waals surface area contributed by atoms with Crippen molar-refractivity contribution in [2.45, 2.75) is 78.9 Å². The molecule has 0 aliphatic carbocycles. The van der Waals surface area contributed by atoms with Gasteiger partial charge in [-0.25, -0.2) is 4.79 Å². The van der Waals surface area contributed by atoms with Gasteiger partial charge in [0.25, 0.3) is 0 Å². The lowest BCUT2D eigenvalue weighted by atomic mass is 9.95. The summed E-state index contributed by atoms with van der Waals surface area (Å²) in [4.78, 5) is 11.5. The minimum Gasteiger partial charge on any atom is -0.460 e. The van der Waals surface area contributed by atoms with Crippen molar-refractivity contribution >= 4 is 5.97 Å². The zero-order valence-electron chi connectivity index (χ0n) is 15.4. The lowest BCUT2D eigenvalue weighted by Crippen LogP contribution is -2.22. The normalized spacial score (nSPS) is 14.6. The molecule has 0 saturated heterocycles. The Kier molecular flexibility index (Phi) is 10.1. The zero-order valence-corrected chi connectivity index (χ0v) is 15.4. The zero-order chi connectivity index (χ0) is 17.2. The fourth-order valence-corrected chi connectivity index (χ4v) is 2.08. The van der Waals surface area contributed by atoms with Crippen molar-refractivity contribution in [3.63, 3.8) is 0 Å². The van der Waals surface area contributed by atoms with E-state index in [0.29, 0.717) is 5.92 Å². The molecule has 22 heavy (non-hydrogen) atoms. The summed E-state index contributed by atoms with van der Waals surface area (Å²) in [5.41, 5.74) is 0.907. The number of hydrogen-bond acceptors (Lipinski definition) is 3. The van der Waals surface area contributed by atoms with Gasteiger partial charge in [-0.2, -0.15) is 0 Å². The lowest BCUT2D eigenvalue weighted by molar-refractivity contribution is -0.141. The summed E-state index contributed by atoms with van der Waals surface area (Å²) in [5.74, 6) is 0.367. The number of carbonyl (C=O) groups is 1. The topological polar surface area (TPSA) is 35.5 Å². The predicted octanol–water partition coefficient (Wildman–Crippen LogP) is 5.06. The average Bonchev–Trinajstić information content (AvgIpc) is 2.37. The van der Waals surface area contributed by atoms with E-state index in [2.05, 4.69) is 26.8 Å². The first-order valence-electron chi connectivity index (χ1n) is 8.27. The molecule has 0 bridgehead atoms. The van der Waals surface area contributed by atoms with E-state index >= 15 is 0 Å². The maximum absolute atomic E-state index is 11.5. The van der Waals surface area contributed by atoms with E-state index in [9.17, 15) is 4.79 Å². The van der Waals surface area contributed by atoms with Gasteiger partial charge in [-0.15, -0.1) is 0 Å². The second-order valence-corrected chi connectivity index (χ2v) is 6.97. The second kappa shape index (κ2) is 10.6. The summed E-state index contributed by atoms with van der Waals surface area (Å²) in [5, 5.41) is 0. The van der Waals surface area contributed by atoms with Crippen molar-refractivity contribution in [3.05, 3.63) is 23.8 Å². The van der Waals surface area contributed by atoms with Crippen LogP contribution in [-0.4, -0.2) is 24.8 Å². The molecule has 0 aromatic heterocycles. The fourth-order valence-electron chi connectivity index (χ4n) is 2.08. The Labute approximate surface area is 136 Å². The molecule has 0 spiro atoms. The molecule has 0 aromatic carbocycles. The molecule has 0 heterocycles. The second-order valence-electron chi connectivity index (χ2n) is 6.97. The smallest absolute Gasteiger partial charge is 0.331 e. The third kappa shape index (κ3) is 11.6. The van der Waals surface area contributed by atoms with Crippen LogP contribution in [-0.2, 0) is 14.3 Å². The minimum atomic E-state index is -0.271. The third-order valence-corrected chi connectivity index (χ3v) is 3.64. The highest BCUT2D eigenvalue weighted by molar-refractivity contribution is 5.83. The van der Waals surface area contributed by atoms with Crippen LogP contribution in [0.5, 0.6) is 0 Å². The molecule has 0 rings (SSSR count). The van der Waals surface area contributed by atoms with Crippen LogP contribution in [0.1, 0.15) is 67.2 Å². The number of carbonyl (C=O) groups excluding carboxylic acids is 1. The number of esters is 1. The van der Waals surface area contributed by atoms with Crippen LogP contribution in [0.25, 0.3) is 0 Å². The number of hydrogen-bond donors (Lipinski definition) is 0. The number of ether oxygens (including phenoxy) is 2. The highest BCUT2D eigenvalue weighted by Crippen LogP contribution is 2.20. The maximum Gasteiger partial charge on any atom is 0.331 e. The Morgan fingerprint density at radius 1 is 1.23 bits per heavy atom. The standard InChI is InChI=1S/C19H34O3/c1-15(2)22-18(20)14-17(4)11-8-10-16(3)12-9-13-19(5,6)21-7/h8,11,14-16H,9-10,12-13H2,1-7H3/b11-8+,17-14?. The molecule has 128 valence electrons. The predicted molar refractivity (Wildman–Crippen MR) is 92.8 cm³/mol. The highest BCUT2D eigenvalue weighted by atomic mass is 16.5. The summed E-state index contributed by atoms with van der Waals surface area (Å²) in [6, 6.07) is 0. The molecule has 0 aliphatic heterocycles. The van der Waals surface area contributed by atoms with Crippen molar-refractivity contribution in [1.82, 2.24) is 0 Å². The van der Waals surface area contributed by atoms with Gasteiger partial charge < -0.3 is 9.47 Å². The lowest BCUT2D eigenvalue weighted by Gasteiger charge is -2.23. The van der Waals surface area contributed by atoms with Crippen molar-refractivity contribution in [3.8, 4) is 0 Å². The van der Waals surface area contributed by atoms with Crippen LogP contribution in [0, 0.1) is 5.92 Å². The van der Waals surface area contributed by atoms with Gasteiger partial charge in [-0.05, 0) is 59.0 Å². The van der Waals surface area contributed by atoms with Gasteiger partial charge in [-0.3, -0.25) is 0 Å². The van der Waals surface area contributed by atoms with Crippen LogP contribution < -0.4 is 0 Å². The Balaban J connectivity index is 4.05. The van der Waals surface area contributed by atoms with Crippen LogP contribution in [0.2, 0.25) is 0 Å². The molecule has 0 N–H and O–H groups in total. The van der Waals surface area contributed by atoms with Gasteiger partial charge >= 0.3 is 5.97 Å². The number of methoxy groups -OCH3 is 1. The van der Waals surface area contributed by atoms with E-state index in [-0.39, 0.29) is 17.7 Å². The molecular formula is C19H34O3. The quantitative estimate of drug-likeness (QED) is 0.321. The molecule has 0 saturated carbocycles. The van der Waals surface area contributed by atoms with Gasteiger partial charge in [0, 0.05) is 13.2 Å². The summed E-state index contributed by atoms with van der Waals surface area (Å²) >= 11 is 0. The molecule has 0 aliphatic rings. The molecule has 3 heteroatoms. The van der Waals surface area contributed by atoms with E-state index in [1.165, 1.54) is 12.8 Å². The third-order valence-electron chi connectivity index (χ3n) is 3.64. The largest absolute Gasteiger partial charge is 0.460 e. The van der Waals surface area contributed by atoms with Gasteiger partial charge in [0.05, 0.1) is 11.7 Å². The van der Waals surface area contributed by atoms with Crippen LogP contribution in [0.15, 0.2) is 23.8 Å². The molecule has 1 unspecified atom stereocenters. The van der Waals surface area contributed by atoms with E-state index in [1.807, 2.05) is 26.8 Å². The number of allylic oxidation sites excluding steroid dienone is 3. The first-order valence-corrected chi connectivity index (χ1v) is 8.27. The number of rotatable bonds is 10. The molecule has 0 amide bonds. The molecule has 0 radical (unpaired) electrons. The van der Waals surface area contributed by atoms with Crippen molar-refractivity contribution in [2.75, 3.05) is 7.11 Å². The Bertz CT molecular complexity index is 378. The van der Waals surface area contributed by atoms with Crippen molar-refractivity contribution in [2.24, 2.45) is 5.92 Å². The van der Waals surface area contributed by atoms with E-state index < -0.39 is 0 Å². The molecule has 1 atom stereocenters. The van der Waals surface area contributed by atoms with Crippen molar-refractivity contribution < 1.29 is 14.3 Å². The van der Waals surface area contributed by atoms with E-state index in [0.717, 1.165) is 18.4 Å². The van der Waals surface area contributed by atoms with Gasteiger partial charge in [-0.1, -0.05) is 31.9 Å². The highest BCUT2D eigenvalue weighted by Gasteiger charge is 2.15. The molecule has 0 fully saturated rings. The fraction of sp³-hybridized carbons (Fsp3) is 0.737. The van der Waals surface area contributed by atoms with Crippen LogP contribution in [0.4, 0.5) is 0 Å². The average molecular weight is 310 g/mol. The minimum absolute atomic E-state index is 0.0222. The summed E-state index contributed by atoms with van der Waals surface area (Å²) in [6.45, 7) is 12.1. The van der Waals surface area contributed by atoms with Gasteiger partial charge in [0.1, 0.15) is 0 Å². The monoisotopic (exact) mass is 310 g/mol. The Hall–Kier alpha value is -1.09. The van der Waals surface area contributed by atoms with E-state index in [4.69, 9.17) is 9.47 Å². The summed E-state index contributed by atoms with van der Waals surface area (Å²) in [6.07, 6.45) is 10.1. The first-order chi connectivity index (χ1) is 10.2. The van der Waals surface area contributed by atoms with Gasteiger partial charge in [0.15, 0.2) is 0 Å².